The Kier molecular flexibility index (Phi) is 4.22. The number of carbonyl (C=O) groups excluding carboxylic acids is 1. The number of hydrogen-bond acceptors (Lipinski definition) is 3. The zero-order valence-electron chi connectivity index (χ0n) is 9.98. The van der Waals surface area contributed by atoms with Crippen LogP contribution in [0.3, 0.4) is 0 Å². The van der Waals surface area contributed by atoms with Gasteiger partial charge in [-0.15, -0.1) is 0 Å². The summed E-state index contributed by atoms with van der Waals surface area (Å²) in [6.07, 6.45) is -1.95. The van der Waals surface area contributed by atoms with Crippen LogP contribution < -0.4 is 0 Å². The van der Waals surface area contributed by atoms with E-state index in [-0.39, 0.29) is 22.5 Å². The monoisotopic (exact) mass is 351 g/mol. The summed E-state index contributed by atoms with van der Waals surface area (Å²) in [5, 5.41) is 0. The van der Waals surface area contributed by atoms with Gasteiger partial charge in [-0.2, -0.15) is 13.2 Å². The molecule has 2 rings (SSSR count). The number of alkyl halides is 3. The molecule has 0 unspecified atom stereocenters. The quantitative estimate of drug-likeness (QED) is 0.840. The molecule has 0 saturated heterocycles. The molecule has 8 heteroatoms. The third-order valence-corrected chi connectivity index (χ3v) is 3.05. The zero-order valence-corrected chi connectivity index (χ0v) is 11.6. The van der Waals surface area contributed by atoms with Crippen molar-refractivity contribution in [3.63, 3.8) is 0 Å². The molecule has 0 aliphatic carbocycles. The number of nitrogens with zero attached hydrogens (tertiary/aromatic N) is 1. The lowest BCUT2D eigenvalue weighted by Crippen LogP contribution is -2.38. The van der Waals surface area contributed by atoms with Crippen molar-refractivity contribution in [1.82, 2.24) is 4.90 Å². The second kappa shape index (κ2) is 5.74. The molecular formula is C12H9BrF3NO3. The number of rotatable bonds is 4. The van der Waals surface area contributed by atoms with Gasteiger partial charge in [0.15, 0.2) is 4.67 Å². The SMILES string of the molecule is O=C(c1ccoc1Br)N(Cc1ccco1)CC(F)(F)F. The van der Waals surface area contributed by atoms with Gasteiger partial charge in [0.25, 0.3) is 5.91 Å². The van der Waals surface area contributed by atoms with E-state index in [4.69, 9.17) is 8.83 Å². The fourth-order valence-electron chi connectivity index (χ4n) is 1.62. The minimum absolute atomic E-state index is 0.0285. The van der Waals surface area contributed by atoms with E-state index in [0.717, 1.165) is 0 Å². The molecule has 2 heterocycles. The Morgan fingerprint density at radius 3 is 2.50 bits per heavy atom. The molecule has 0 N–H and O–H groups in total. The molecule has 1 amide bonds. The van der Waals surface area contributed by atoms with Gasteiger partial charge in [0.2, 0.25) is 0 Å². The van der Waals surface area contributed by atoms with Gasteiger partial charge in [0, 0.05) is 0 Å². The number of carbonyl (C=O) groups is 1. The van der Waals surface area contributed by atoms with E-state index in [0.29, 0.717) is 4.90 Å². The van der Waals surface area contributed by atoms with Crippen molar-refractivity contribution in [2.45, 2.75) is 12.7 Å². The summed E-state index contributed by atoms with van der Waals surface area (Å²) in [5.41, 5.74) is 0.0285. The second-order valence-electron chi connectivity index (χ2n) is 3.96. The van der Waals surface area contributed by atoms with Crippen LogP contribution in [0.1, 0.15) is 16.1 Å². The highest BCUT2D eigenvalue weighted by atomic mass is 79.9. The highest BCUT2D eigenvalue weighted by Crippen LogP contribution is 2.24. The Hall–Kier alpha value is -1.70. The first-order valence-electron chi connectivity index (χ1n) is 5.48. The molecule has 20 heavy (non-hydrogen) atoms. The van der Waals surface area contributed by atoms with E-state index >= 15 is 0 Å². The smallest absolute Gasteiger partial charge is 0.406 e. The van der Waals surface area contributed by atoms with Gasteiger partial charge >= 0.3 is 6.18 Å². The van der Waals surface area contributed by atoms with Gasteiger partial charge < -0.3 is 13.7 Å². The average molecular weight is 352 g/mol. The van der Waals surface area contributed by atoms with Gasteiger partial charge in [-0.25, -0.2) is 0 Å². The van der Waals surface area contributed by atoms with E-state index in [9.17, 15) is 18.0 Å². The Labute approximate surface area is 120 Å². The largest absolute Gasteiger partial charge is 0.467 e. The van der Waals surface area contributed by atoms with Crippen molar-refractivity contribution in [3.8, 4) is 0 Å². The van der Waals surface area contributed by atoms with E-state index < -0.39 is 18.6 Å². The molecule has 0 radical (unpaired) electrons. The molecule has 0 aliphatic heterocycles. The van der Waals surface area contributed by atoms with Gasteiger partial charge in [-0.05, 0) is 34.1 Å². The minimum atomic E-state index is -4.50. The van der Waals surface area contributed by atoms with Gasteiger partial charge in [0.1, 0.15) is 12.3 Å². The number of furan rings is 2. The summed E-state index contributed by atoms with van der Waals surface area (Å²) in [4.78, 5) is 12.8. The van der Waals surface area contributed by atoms with E-state index in [1.807, 2.05) is 0 Å². The number of amides is 1. The second-order valence-corrected chi connectivity index (χ2v) is 4.68. The van der Waals surface area contributed by atoms with Crippen LogP contribution in [-0.2, 0) is 6.54 Å². The lowest BCUT2D eigenvalue weighted by Gasteiger charge is -2.22. The first-order valence-corrected chi connectivity index (χ1v) is 6.27. The zero-order chi connectivity index (χ0) is 14.8. The lowest BCUT2D eigenvalue weighted by atomic mass is 10.2. The summed E-state index contributed by atoms with van der Waals surface area (Å²) < 4.78 is 47.7. The van der Waals surface area contributed by atoms with Crippen molar-refractivity contribution < 1.29 is 26.8 Å². The molecule has 0 aromatic carbocycles. The summed E-state index contributed by atoms with van der Waals surface area (Å²) in [7, 11) is 0. The van der Waals surface area contributed by atoms with Crippen LogP contribution in [0.15, 0.2) is 44.2 Å². The Morgan fingerprint density at radius 2 is 2.00 bits per heavy atom. The molecule has 0 aliphatic rings. The highest BCUT2D eigenvalue weighted by molar-refractivity contribution is 9.10. The summed E-state index contributed by atoms with van der Waals surface area (Å²) >= 11 is 2.97. The minimum Gasteiger partial charge on any atom is -0.467 e. The molecular weight excluding hydrogens is 343 g/mol. The van der Waals surface area contributed by atoms with Crippen molar-refractivity contribution in [2.24, 2.45) is 0 Å². The highest BCUT2D eigenvalue weighted by Gasteiger charge is 2.34. The fraction of sp³-hybridized carbons (Fsp3) is 0.250. The summed E-state index contributed by atoms with van der Waals surface area (Å²) in [6.45, 7) is -1.65. The van der Waals surface area contributed by atoms with Gasteiger partial charge in [-0.1, -0.05) is 0 Å². The normalized spacial score (nSPS) is 11.6. The van der Waals surface area contributed by atoms with Crippen LogP contribution in [0.2, 0.25) is 0 Å². The molecule has 0 fully saturated rings. The molecule has 4 nitrogen and oxygen atoms in total. The van der Waals surface area contributed by atoms with Crippen LogP contribution in [-0.4, -0.2) is 23.5 Å². The predicted molar refractivity (Wildman–Crippen MR) is 65.9 cm³/mol. The molecule has 0 saturated carbocycles. The average Bonchev–Trinajstić information content (AvgIpc) is 2.97. The van der Waals surface area contributed by atoms with E-state index in [2.05, 4.69) is 15.9 Å². The maximum absolute atomic E-state index is 12.6. The molecule has 0 bridgehead atoms. The molecule has 0 spiro atoms. The standard InChI is InChI=1S/C12H9BrF3NO3/c13-10-9(3-5-20-10)11(18)17(7-12(14,15)16)6-8-2-1-4-19-8/h1-5H,6-7H2. The van der Waals surface area contributed by atoms with Gasteiger partial charge in [0.05, 0.1) is 24.6 Å². The van der Waals surface area contributed by atoms with Crippen LogP contribution in [0.4, 0.5) is 13.2 Å². The van der Waals surface area contributed by atoms with Crippen LogP contribution in [0, 0.1) is 0 Å². The fourth-order valence-corrected chi connectivity index (χ4v) is 2.03. The molecule has 0 atom stereocenters. The van der Waals surface area contributed by atoms with Crippen molar-refractivity contribution >= 4 is 21.8 Å². The molecule has 2 aromatic rings. The Morgan fingerprint density at radius 1 is 1.25 bits per heavy atom. The Balaban J connectivity index is 2.22. The van der Waals surface area contributed by atoms with E-state index in [1.54, 1.807) is 6.07 Å². The van der Waals surface area contributed by atoms with Crippen LogP contribution in [0.25, 0.3) is 0 Å². The number of halogens is 4. The molecule has 108 valence electrons. The number of hydrogen-bond donors (Lipinski definition) is 0. The maximum atomic E-state index is 12.6. The van der Waals surface area contributed by atoms with Gasteiger partial charge in [-0.3, -0.25) is 4.79 Å². The van der Waals surface area contributed by atoms with Crippen molar-refractivity contribution in [3.05, 3.63) is 46.7 Å². The predicted octanol–water partition coefficient (Wildman–Crippen LogP) is 3.84. The first kappa shape index (κ1) is 14.7. The third-order valence-electron chi connectivity index (χ3n) is 2.43. The van der Waals surface area contributed by atoms with E-state index in [1.165, 1.54) is 24.7 Å². The van der Waals surface area contributed by atoms with Crippen LogP contribution >= 0.6 is 15.9 Å². The van der Waals surface area contributed by atoms with Crippen molar-refractivity contribution in [1.29, 1.82) is 0 Å². The summed E-state index contributed by atoms with van der Waals surface area (Å²) in [6, 6.07) is 4.35. The first-order chi connectivity index (χ1) is 9.37. The van der Waals surface area contributed by atoms with Crippen LogP contribution in [0.5, 0.6) is 0 Å². The summed E-state index contributed by atoms with van der Waals surface area (Å²) in [5.74, 6) is -0.526. The lowest BCUT2D eigenvalue weighted by molar-refractivity contribution is -0.142. The molecule has 2 aromatic heterocycles. The Bertz CT molecular complexity index is 577. The third kappa shape index (κ3) is 3.66. The topological polar surface area (TPSA) is 46.6 Å². The maximum Gasteiger partial charge on any atom is 0.406 e. The van der Waals surface area contributed by atoms with Crippen molar-refractivity contribution in [2.75, 3.05) is 6.54 Å².